The Kier molecular flexibility index (Phi) is 5.14. The smallest absolute Gasteiger partial charge is 0.279 e. The zero-order valence-corrected chi connectivity index (χ0v) is 15.8. The summed E-state index contributed by atoms with van der Waals surface area (Å²) in [7, 11) is 0. The summed E-state index contributed by atoms with van der Waals surface area (Å²) < 4.78 is 1.25. The van der Waals surface area contributed by atoms with Crippen molar-refractivity contribution in [2.75, 3.05) is 25.0 Å². The predicted octanol–water partition coefficient (Wildman–Crippen LogP) is 2.57. The lowest BCUT2D eigenvalue weighted by molar-refractivity contribution is -0.897. The van der Waals surface area contributed by atoms with Crippen LogP contribution in [-0.2, 0) is 4.79 Å². The summed E-state index contributed by atoms with van der Waals surface area (Å²) in [4.78, 5) is 18.5. The summed E-state index contributed by atoms with van der Waals surface area (Å²) in [5.41, 5.74) is 2.17. The molecule has 1 saturated heterocycles. The van der Waals surface area contributed by atoms with Gasteiger partial charge < -0.3 is 10.2 Å². The fourth-order valence-electron chi connectivity index (χ4n) is 3.63. The Morgan fingerprint density at radius 1 is 1.19 bits per heavy atom. The van der Waals surface area contributed by atoms with Gasteiger partial charge >= 0.3 is 0 Å². The van der Waals surface area contributed by atoms with Gasteiger partial charge in [-0.2, -0.15) is 5.26 Å². The summed E-state index contributed by atoms with van der Waals surface area (Å²) >= 11 is 1.79. The molecule has 1 aromatic heterocycles. The van der Waals surface area contributed by atoms with Crippen molar-refractivity contribution in [3.8, 4) is 6.07 Å². The minimum atomic E-state index is -0.0360. The van der Waals surface area contributed by atoms with E-state index in [0.717, 1.165) is 31.4 Å². The van der Waals surface area contributed by atoms with Gasteiger partial charge in [-0.1, -0.05) is 24.3 Å². The third kappa shape index (κ3) is 4.00. The van der Waals surface area contributed by atoms with E-state index in [-0.39, 0.29) is 5.91 Å². The van der Waals surface area contributed by atoms with Crippen molar-refractivity contribution >= 4 is 33.1 Å². The molecule has 1 amide bonds. The molecule has 0 saturated carbocycles. The number of hydrogen-bond acceptors (Lipinski definition) is 4. The molecule has 1 aliphatic rings. The quantitative estimate of drug-likeness (QED) is 0.734. The fraction of sp³-hybridized carbons (Fsp3) is 0.286. The summed E-state index contributed by atoms with van der Waals surface area (Å²) in [5, 5.41) is 13.2. The largest absolute Gasteiger partial charge is 0.327 e. The van der Waals surface area contributed by atoms with E-state index >= 15 is 0 Å². The molecule has 2 N–H and O–H groups in total. The molecule has 0 spiro atoms. The second kappa shape index (κ2) is 7.87. The van der Waals surface area contributed by atoms with Gasteiger partial charge in [-0.05, 0) is 24.3 Å². The molecular formula is C21H21N4OS+. The molecule has 0 unspecified atom stereocenters. The van der Waals surface area contributed by atoms with Crippen LogP contribution >= 0.6 is 11.3 Å². The van der Waals surface area contributed by atoms with Crippen molar-refractivity contribution in [2.24, 2.45) is 0 Å². The van der Waals surface area contributed by atoms with Gasteiger partial charge in [0.1, 0.15) is 6.07 Å². The van der Waals surface area contributed by atoms with Gasteiger partial charge in [0.25, 0.3) is 5.91 Å². The number of piperidine rings is 1. The van der Waals surface area contributed by atoms with E-state index in [9.17, 15) is 4.79 Å². The average molecular weight is 377 g/mol. The molecule has 0 atom stereocenters. The predicted molar refractivity (Wildman–Crippen MR) is 107 cm³/mol. The SMILES string of the molecule is N#Cc1ccccc1NC(=O)C[NH+]1CCC(c2nc3ccccc3s2)CC1. The van der Waals surface area contributed by atoms with E-state index in [2.05, 4.69) is 29.6 Å². The first-order valence-electron chi connectivity index (χ1n) is 9.21. The number of rotatable bonds is 4. The number of nitrogens with one attached hydrogen (secondary N) is 2. The van der Waals surface area contributed by atoms with Crippen molar-refractivity contribution in [1.82, 2.24) is 4.98 Å². The molecule has 0 radical (unpaired) electrons. The molecule has 4 rings (SSSR count). The van der Waals surface area contributed by atoms with Crippen LogP contribution in [0.15, 0.2) is 48.5 Å². The van der Waals surface area contributed by atoms with E-state index in [4.69, 9.17) is 10.2 Å². The topological polar surface area (TPSA) is 70.2 Å². The van der Waals surface area contributed by atoms with Gasteiger partial charge in [0.15, 0.2) is 6.54 Å². The number of thiazole rings is 1. The van der Waals surface area contributed by atoms with Gasteiger partial charge in [-0.3, -0.25) is 4.79 Å². The number of nitrogens with zero attached hydrogens (tertiary/aromatic N) is 2. The Balaban J connectivity index is 1.32. The Morgan fingerprint density at radius 2 is 1.93 bits per heavy atom. The lowest BCUT2D eigenvalue weighted by Crippen LogP contribution is -3.14. The second-order valence-corrected chi connectivity index (χ2v) is 7.99. The molecule has 2 heterocycles. The molecule has 136 valence electrons. The Bertz CT molecular complexity index is 966. The van der Waals surface area contributed by atoms with Crippen LogP contribution in [0.1, 0.15) is 29.3 Å². The van der Waals surface area contributed by atoms with Gasteiger partial charge in [0, 0.05) is 18.8 Å². The Hall–Kier alpha value is -2.75. The van der Waals surface area contributed by atoms with Crippen LogP contribution in [0.5, 0.6) is 0 Å². The zero-order valence-electron chi connectivity index (χ0n) is 14.9. The van der Waals surface area contributed by atoms with Crippen molar-refractivity contribution in [3.05, 3.63) is 59.1 Å². The van der Waals surface area contributed by atoms with E-state index < -0.39 is 0 Å². The molecule has 0 aliphatic carbocycles. The highest BCUT2D eigenvalue weighted by atomic mass is 32.1. The third-order valence-corrected chi connectivity index (χ3v) is 6.28. The van der Waals surface area contributed by atoms with Crippen LogP contribution in [0, 0.1) is 11.3 Å². The van der Waals surface area contributed by atoms with Crippen molar-refractivity contribution in [1.29, 1.82) is 5.26 Å². The Labute approximate surface area is 162 Å². The maximum Gasteiger partial charge on any atom is 0.279 e. The first-order valence-corrected chi connectivity index (χ1v) is 10.0. The van der Waals surface area contributed by atoms with Crippen LogP contribution in [0.25, 0.3) is 10.2 Å². The van der Waals surface area contributed by atoms with Crippen LogP contribution in [0.4, 0.5) is 5.69 Å². The number of anilines is 1. The van der Waals surface area contributed by atoms with Gasteiger partial charge in [0.2, 0.25) is 0 Å². The van der Waals surface area contributed by atoms with E-state index in [0.29, 0.717) is 23.7 Å². The highest BCUT2D eigenvalue weighted by molar-refractivity contribution is 7.18. The number of aromatic nitrogens is 1. The minimum absolute atomic E-state index is 0.0360. The molecule has 2 aromatic carbocycles. The molecule has 27 heavy (non-hydrogen) atoms. The number of hydrogen-bond donors (Lipinski definition) is 2. The van der Waals surface area contributed by atoms with Crippen LogP contribution in [0.2, 0.25) is 0 Å². The molecule has 0 bridgehead atoms. The lowest BCUT2D eigenvalue weighted by Gasteiger charge is -2.27. The first kappa shape index (κ1) is 17.7. The second-order valence-electron chi connectivity index (χ2n) is 6.93. The summed E-state index contributed by atoms with van der Waals surface area (Å²) in [6.07, 6.45) is 2.11. The average Bonchev–Trinajstić information content (AvgIpc) is 3.13. The zero-order chi connectivity index (χ0) is 18.6. The van der Waals surface area contributed by atoms with Crippen molar-refractivity contribution in [2.45, 2.75) is 18.8 Å². The van der Waals surface area contributed by atoms with Gasteiger partial charge in [-0.15, -0.1) is 11.3 Å². The lowest BCUT2D eigenvalue weighted by atomic mass is 9.97. The van der Waals surface area contributed by atoms with E-state index in [1.54, 1.807) is 29.5 Å². The molecular weight excluding hydrogens is 356 g/mol. The number of amides is 1. The third-order valence-electron chi connectivity index (χ3n) is 5.08. The van der Waals surface area contributed by atoms with Crippen LogP contribution in [0.3, 0.4) is 0 Å². The monoisotopic (exact) mass is 377 g/mol. The Morgan fingerprint density at radius 3 is 2.70 bits per heavy atom. The number of fused-ring (bicyclic) bond motifs is 1. The number of likely N-dealkylation sites (tertiary alicyclic amines) is 1. The van der Waals surface area contributed by atoms with Crippen LogP contribution < -0.4 is 10.2 Å². The number of benzene rings is 2. The molecule has 5 nitrogen and oxygen atoms in total. The molecule has 3 aromatic rings. The minimum Gasteiger partial charge on any atom is -0.327 e. The number of para-hydroxylation sites is 2. The molecule has 6 heteroatoms. The van der Waals surface area contributed by atoms with Gasteiger partial charge in [-0.25, -0.2) is 4.98 Å². The first-order chi connectivity index (χ1) is 13.2. The number of nitriles is 1. The normalized spacial score (nSPS) is 19.5. The molecule has 1 fully saturated rings. The number of quaternary nitrogens is 1. The van der Waals surface area contributed by atoms with Crippen molar-refractivity contribution in [3.63, 3.8) is 0 Å². The fourth-order valence-corrected chi connectivity index (χ4v) is 4.76. The van der Waals surface area contributed by atoms with Crippen LogP contribution in [-0.4, -0.2) is 30.5 Å². The summed E-state index contributed by atoms with van der Waals surface area (Å²) in [5.74, 6) is 0.458. The van der Waals surface area contributed by atoms with Crippen molar-refractivity contribution < 1.29 is 9.69 Å². The highest BCUT2D eigenvalue weighted by Gasteiger charge is 2.27. The number of carbonyl (C=O) groups is 1. The standard InChI is InChI=1S/C21H20N4OS/c22-13-16-5-1-2-6-17(16)23-20(26)14-25-11-9-15(10-12-25)21-24-18-7-3-4-8-19(18)27-21/h1-8,15H,9-12,14H2,(H,23,26)/p+1. The van der Waals surface area contributed by atoms with E-state index in [1.807, 2.05) is 12.1 Å². The maximum atomic E-state index is 12.4. The highest BCUT2D eigenvalue weighted by Crippen LogP contribution is 2.31. The van der Waals surface area contributed by atoms with E-state index in [1.165, 1.54) is 14.6 Å². The van der Waals surface area contributed by atoms with Gasteiger partial charge in [0.05, 0.1) is 39.6 Å². The summed E-state index contributed by atoms with van der Waals surface area (Å²) in [6.45, 7) is 2.37. The summed E-state index contributed by atoms with van der Waals surface area (Å²) in [6, 6.07) is 17.5. The maximum absolute atomic E-state index is 12.4. The number of carbonyl (C=O) groups excluding carboxylic acids is 1. The molecule has 1 aliphatic heterocycles.